The number of nitrogens with zero attached hydrogens (tertiary/aromatic N) is 1. The second-order valence-electron chi connectivity index (χ2n) is 4.33. The Morgan fingerprint density at radius 2 is 2.00 bits per heavy atom. The predicted molar refractivity (Wildman–Crippen MR) is 91.4 cm³/mol. The molecule has 9 heteroatoms. The van der Waals surface area contributed by atoms with Crippen LogP contribution in [-0.4, -0.2) is 17.4 Å². The van der Waals surface area contributed by atoms with Gasteiger partial charge in [-0.2, -0.15) is 0 Å². The van der Waals surface area contributed by atoms with E-state index in [1.807, 2.05) is 0 Å². The number of amides is 1. The zero-order valence-electron chi connectivity index (χ0n) is 11.4. The third kappa shape index (κ3) is 4.82. The molecule has 0 unspecified atom stereocenters. The van der Waals surface area contributed by atoms with Crippen molar-refractivity contribution in [2.24, 2.45) is 0 Å². The van der Waals surface area contributed by atoms with Crippen molar-refractivity contribution in [3.05, 3.63) is 61.0 Å². The summed E-state index contributed by atoms with van der Waals surface area (Å²) >= 11 is 15.0. The van der Waals surface area contributed by atoms with Crippen molar-refractivity contribution in [2.75, 3.05) is 11.9 Å². The number of hydrogen-bond acceptors (Lipinski definition) is 4. The van der Waals surface area contributed by atoms with Gasteiger partial charge >= 0.3 is 0 Å². The molecule has 0 aromatic heterocycles. The first-order valence-corrected chi connectivity index (χ1v) is 7.73. The molecule has 0 atom stereocenters. The summed E-state index contributed by atoms with van der Waals surface area (Å²) in [5, 5.41) is 13.7. The van der Waals surface area contributed by atoms with Crippen LogP contribution in [0.5, 0.6) is 5.75 Å². The lowest BCUT2D eigenvalue weighted by Crippen LogP contribution is -2.20. The molecule has 2 aromatic carbocycles. The first-order chi connectivity index (χ1) is 10.9. The maximum absolute atomic E-state index is 11.9. The first kappa shape index (κ1) is 17.5. The van der Waals surface area contributed by atoms with Gasteiger partial charge in [-0.25, -0.2) is 0 Å². The number of halogens is 3. The monoisotopic (exact) mass is 418 g/mol. The van der Waals surface area contributed by atoms with Crippen LogP contribution in [0.3, 0.4) is 0 Å². The van der Waals surface area contributed by atoms with Gasteiger partial charge in [0, 0.05) is 17.2 Å². The van der Waals surface area contributed by atoms with E-state index >= 15 is 0 Å². The molecule has 0 aliphatic carbocycles. The molecular weight excluding hydrogens is 411 g/mol. The van der Waals surface area contributed by atoms with Gasteiger partial charge in [-0.1, -0.05) is 23.2 Å². The van der Waals surface area contributed by atoms with E-state index in [4.69, 9.17) is 27.9 Å². The van der Waals surface area contributed by atoms with Crippen molar-refractivity contribution >= 4 is 56.4 Å². The van der Waals surface area contributed by atoms with E-state index in [0.29, 0.717) is 15.2 Å². The summed E-state index contributed by atoms with van der Waals surface area (Å²) in [6.45, 7) is -0.256. The molecule has 6 nitrogen and oxygen atoms in total. The van der Waals surface area contributed by atoms with Crippen LogP contribution in [0.2, 0.25) is 10.0 Å². The maximum atomic E-state index is 11.9. The Hall–Kier alpha value is -1.83. The Kier molecular flexibility index (Phi) is 5.81. The van der Waals surface area contributed by atoms with E-state index < -0.39 is 10.8 Å². The number of ether oxygens (including phenoxy) is 1. The lowest BCUT2D eigenvalue weighted by molar-refractivity contribution is -0.384. The second kappa shape index (κ2) is 7.63. The zero-order chi connectivity index (χ0) is 17.0. The first-order valence-electron chi connectivity index (χ1n) is 6.18. The number of hydrogen-bond donors (Lipinski definition) is 1. The van der Waals surface area contributed by atoms with Gasteiger partial charge in [0.2, 0.25) is 0 Å². The van der Waals surface area contributed by atoms with Crippen LogP contribution in [0.1, 0.15) is 0 Å². The summed E-state index contributed by atoms with van der Waals surface area (Å²) in [4.78, 5) is 21.9. The summed E-state index contributed by atoms with van der Waals surface area (Å²) in [5.41, 5.74) is 0.107. The van der Waals surface area contributed by atoms with Crippen molar-refractivity contribution in [1.82, 2.24) is 0 Å². The highest BCUT2D eigenvalue weighted by atomic mass is 79.9. The van der Waals surface area contributed by atoms with Crippen LogP contribution in [0.15, 0.2) is 40.9 Å². The fraction of sp³-hybridized carbons (Fsp3) is 0.0714. The quantitative estimate of drug-likeness (QED) is 0.563. The largest absolute Gasteiger partial charge is 0.483 e. The van der Waals surface area contributed by atoms with E-state index in [9.17, 15) is 14.9 Å². The number of nitro groups is 1. The van der Waals surface area contributed by atoms with Crippen LogP contribution >= 0.6 is 39.1 Å². The van der Waals surface area contributed by atoms with Crippen LogP contribution in [0.25, 0.3) is 0 Å². The topological polar surface area (TPSA) is 81.5 Å². The normalized spacial score (nSPS) is 10.2. The highest BCUT2D eigenvalue weighted by Crippen LogP contribution is 2.28. The average Bonchev–Trinajstić information content (AvgIpc) is 2.48. The van der Waals surface area contributed by atoms with Crippen molar-refractivity contribution in [1.29, 1.82) is 0 Å². The van der Waals surface area contributed by atoms with Gasteiger partial charge in [0.05, 0.1) is 20.1 Å². The predicted octanol–water partition coefficient (Wildman–Crippen LogP) is 4.68. The number of anilines is 1. The average molecular weight is 420 g/mol. The third-order valence-electron chi connectivity index (χ3n) is 2.69. The zero-order valence-corrected chi connectivity index (χ0v) is 14.5. The molecule has 2 aromatic rings. The fourth-order valence-corrected chi connectivity index (χ4v) is 2.66. The van der Waals surface area contributed by atoms with Gasteiger partial charge in [0.1, 0.15) is 5.75 Å². The summed E-state index contributed by atoms with van der Waals surface area (Å²) in [6.07, 6.45) is 0. The van der Waals surface area contributed by atoms with Crippen molar-refractivity contribution < 1.29 is 14.5 Å². The molecule has 1 N–H and O–H groups in total. The van der Waals surface area contributed by atoms with E-state index in [-0.39, 0.29) is 23.0 Å². The van der Waals surface area contributed by atoms with E-state index in [0.717, 1.165) is 6.07 Å². The minimum absolute atomic E-state index is 0.0697. The molecular formula is C14H9BrCl2N2O4. The van der Waals surface area contributed by atoms with Gasteiger partial charge in [-0.15, -0.1) is 0 Å². The minimum Gasteiger partial charge on any atom is -0.483 e. The van der Waals surface area contributed by atoms with Crippen LogP contribution in [0.4, 0.5) is 11.4 Å². The van der Waals surface area contributed by atoms with Gasteiger partial charge in [-0.3, -0.25) is 14.9 Å². The third-order valence-corrected chi connectivity index (χ3v) is 3.86. The van der Waals surface area contributed by atoms with E-state index in [1.165, 1.54) is 12.1 Å². The smallest absolute Gasteiger partial charge is 0.271 e. The lowest BCUT2D eigenvalue weighted by atomic mass is 10.3. The van der Waals surface area contributed by atoms with Gasteiger partial charge in [0.25, 0.3) is 11.6 Å². The molecule has 0 radical (unpaired) electrons. The summed E-state index contributed by atoms with van der Waals surface area (Å²) < 4.78 is 5.98. The second-order valence-corrected chi connectivity index (χ2v) is 6.03. The molecule has 0 heterocycles. The number of rotatable bonds is 5. The van der Waals surface area contributed by atoms with Crippen molar-refractivity contribution in [3.63, 3.8) is 0 Å². The van der Waals surface area contributed by atoms with Gasteiger partial charge < -0.3 is 10.1 Å². The van der Waals surface area contributed by atoms with Crippen LogP contribution in [-0.2, 0) is 4.79 Å². The van der Waals surface area contributed by atoms with E-state index in [2.05, 4.69) is 21.2 Å². The van der Waals surface area contributed by atoms with Crippen molar-refractivity contribution in [2.45, 2.75) is 0 Å². The maximum Gasteiger partial charge on any atom is 0.271 e. The molecule has 0 fully saturated rings. The molecule has 23 heavy (non-hydrogen) atoms. The number of nitro benzene ring substituents is 1. The summed E-state index contributed by atoms with van der Waals surface area (Å²) in [6, 6.07) is 8.66. The molecule has 0 saturated heterocycles. The van der Waals surface area contributed by atoms with Gasteiger partial charge in [-0.05, 0) is 40.2 Å². The highest BCUT2D eigenvalue weighted by molar-refractivity contribution is 9.10. The lowest BCUT2D eigenvalue weighted by Gasteiger charge is -2.10. The Balaban J connectivity index is 1.98. The SMILES string of the molecule is O=C(COc1ccc(Cl)cc1Br)Nc1ccc([N+](=O)[O-])cc1Cl. The Morgan fingerprint density at radius 3 is 2.61 bits per heavy atom. The number of carbonyl (C=O) groups is 1. The Labute approximate surface area is 149 Å². The molecule has 0 saturated carbocycles. The van der Waals surface area contributed by atoms with Crippen LogP contribution < -0.4 is 10.1 Å². The Morgan fingerprint density at radius 1 is 1.26 bits per heavy atom. The summed E-state index contributed by atoms with van der Waals surface area (Å²) in [7, 11) is 0. The molecule has 120 valence electrons. The number of benzene rings is 2. The van der Waals surface area contributed by atoms with Crippen molar-refractivity contribution in [3.8, 4) is 5.75 Å². The fourth-order valence-electron chi connectivity index (χ4n) is 1.64. The Bertz CT molecular complexity index is 770. The molecule has 1 amide bonds. The number of non-ortho nitro benzene ring substituents is 1. The minimum atomic E-state index is -0.571. The highest BCUT2D eigenvalue weighted by Gasteiger charge is 2.12. The summed E-state index contributed by atoms with van der Waals surface area (Å²) in [5.74, 6) is 0.00181. The number of nitrogens with one attached hydrogen (secondary N) is 1. The molecule has 0 aliphatic heterocycles. The molecule has 0 spiro atoms. The van der Waals surface area contributed by atoms with Gasteiger partial charge in [0.15, 0.2) is 6.61 Å². The van der Waals surface area contributed by atoms with E-state index in [1.54, 1.807) is 18.2 Å². The standard InChI is InChI=1S/C14H9BrCl2N2O4/c15-10-5-8(16)1-4-13(10)23-7-14(20)18-12-3-2-9(19(21)22)6-11(12)17/h1-6H,7H2,(H,18,20). The molecule has 0 bridgehead atoms. The molecule has 2 rings (SSSR count). The number of carbonyl (C=O) groups excluding carboxylic acids is 1. The molecule has 0 aliphatic rings. The van der Waals surface area contributed by atoms with Crippen LogP contribution in [0, 0.1) is 10.1 Å².